The van der Waals surface area contributed by atoms with Gasteiger partial charge in [-0.1, -0.05) is 18.2 Å². The van der Waals surface area contributed by atoms with Crippen LogP contribution in [0.1, 0.15) is 29.5 Å². The molecule has 0 saturated carbocycles. The predicted molar refractivity (Wildman–Crippen MR) is 76.0 cm³/mol. The number of likely N-dealkylation sites (N-methyl/N-ethyl adjacent to an activating group) is 1. The van der Waals surface area contributed by atoms with Crippen LogP contribution in [0, 0.1) is 19.8 Å². The standard InChI is InChI=1S/C16H25NO/c1-12-5-4-6-13(2)16(12)10-15(17-3)9-14-7-8-18-11-14/h4-6,14-15,17H,7-11H2,1-3H3. The minimum atomic E-state index is 0.566. The van der Waals surface area contributed by atoms with Gasteiger partial charge in [0.15, 0.2) is 0 Å². The molecule has 2 nitrogen and oxygen atoms in total. The molecule has 1 aliphatic rings. The van der Waals surface area contributed by atoms with Gasteiger partial charge in [-0.05, 0) is 62.8 Å². The van der Waals surface area contributed by atoms with Gasteiger partial charge >= 0.3 is 0 Å². The molecule has 0 spiro atoms. The third kappa shape index (κ3) is 3.33. The number of benzene rings is 1. The van der Waals surface area contributed by atoms with Gasteiger partial charge in [-0.2, -0.15) is 0 Å². The van der Waals surface area contributed by atoms with Crippen molar-refractivity contribution in [3.05, 3.63) is 34.9 Å². The van der Waals surface area contributed by atoms with E-state index in [1.165, 1.54) is 29.5 Å². The van der Waals surface area contributed by atoms with Gasteiger partial charge in [0, 0.05) is 19.3 Å². The summed E-state index contributed by atoms with van der Waals surface area (Å²) < 4.78 is 5.47. The van der Waals surface area contributed by atoms with E-state index in [1.54, 1.807) is 0 Å². The van der Waals surface area contributed by atoms with Gasteiger partial charge in [0.1, 0.15) is 0 Å². The fourth-order valence-electron chi connectivity index (χ4n) is 2.89. The van der Waals surface area contributed by atoms with Crippen molar-refractivity contribution in [2.24, 2.45) is 5.92 Å². The minimum absolute atomic E-state index is 0.566. The molecule has 100 valence electrons. The van der Waals surface area contributed by atoms with Crippen molar-refractivity contribution >= 4 is 0 Å². The third-order valence-electron chi connectivity index (χ3n) is 4.15. The lowest BCUT2D eigenvalue weighted by molar-refractivity contribution is 0.181. The zero-order valence-corrected chi connectivity index (χ0v) is 11.8. The average Bonchev–Trinajstić information content (AvgIpc) is 2.85. The van der Waals surface area contributed by atoms with Crippen LogP contribution in [0.3, 0.4) is 0 Å². The Hall–Kier alpha value is -0.860. The molecule has 0 radical (unpaired) electrons. The second-order valence-corrected chi connectivity index (χ2v) is 5.53. The molecule has 2 atom stereocenters. The second kappa shape index (κ2) is 6.35. The maximum Gasteiger partial charge on any atom is 0.0495 e. The van der Waals surface area contributed by atoms with Gasteiger partial charge in [-0.15, -0.1) is 0 Å². The van der Waals surface area contributed by atoms with E-state index in [1.807, 2.05) is 0 Å². The largest absolute Gasteiger partial charge is 0.381 e. The maximum absolute atomic E-state index is 5.47. The van der Waals surface area contributed by atoms with Gasteiger partial charge in [-0.3, -0.25) is 0 Å². The van der Waals surface area contributed by atoms with Crippen LogP contribution in [-0.2, 0) is 11.2 Å². The zero-order valence-electron chi connectivity index (χ0n) is 11.8. The molecule has 1 fully saturated rings. The van der Waals surface area contributed by atoms with Gasteiger partial charge < -0.3 is 10.1 Å². The summed E-state index contributed by atoms with van der Waals surface area (Å²) in [5.41, 5.74) is 4.34. The first-order valence-corrected chi connectivity index (χ1v) is 7.00. The maximum atomic E-state index is 5.47. The highest BCUT2D eigenvalue weighted by Gasteiger charge is 2.20. The second-order valence-electron chi connectivity index (χ2n) is 5.53. The Balaban J connectivity index is 2.00. The summed E-state index contributed by atoms with van der Waals surface area (Å²) in [4.78, 5) is 0. The van der Waals surface area contributed by atoms with Gasteiger partial charge in [-0.25, -0.2) is 0 Å². The lowest BCUT2D eigenvalue weighted by Crippen LogP contribution is -2.30. The number of rotatable bonds is 5. The van der Waals surface area contributed by atoms with E-state index in [0.29, 0.717) is 6.04 Å². The Morgan fingerprint density at radius 3 is 2.61 bits per heavy atom. The van der Waals surface area contributed by atoms with Gasteiger partial charge in [0.2, 0.25) is 0 Å². The molecular weight excluding hydrogens is 222 g/mol. The van der Waals surface area contributed by atoms with Crippen molar-refractivity contribution in [3.63, 3.8) is 0 Å². The van der Waals surface area contributed by atoms with E-state index in [2.05, 4.69) is 44.4 Å². The molecule has 18 heavy (non-hydrogen) atoms. The SMILES string of the molecule is CNC(Cc1c(C)cccc1C)CC1CCOC1. The summed E-state index contributed by atoms with van der Waals surface area (Å²) in [6.07, 6.45) is 3.58. The van der Waals surface area contributed by atoms with Gasteiger partial charge in [0.05, 0.1) is 0 Å². The molecule has 1 aliphatic heterocycles. The van der Waals surface area contributed by atoms with Crippen LogP contribution in [0.15, 0.2) is 18.2 Å². The summed E-state index contributed by atoms with van der Waals surface area (Å²) in [6, 6.07) is 7.14. The molecule has 0 amide bonds. The number of hydrogen-bond acceptors (Lipinski definition) is 2. The first kappa shape index (κ1) is 13.6. The summed E-state index contributed by atoms with van der Waals surface area (Å²) in [5.74, 6) is 0.742. The lowest BCUT2D eigenvalue weighted by Gasteiger charge is -2.21. The van der Waals surface area contributed by atoms with Crippen LogP contribution in [0.4, 0.5) is 0 Å². The molecule has 1 aromatic rings. The van der Waals surface area contributed by atoms with E-state index in [0.717, 1.165) is 25.6 Å². The molecule has 2 unspecified atom stereocenters. The van der Waals surface area contributed by atoms with E-state index >= 15 is 0 Å². The minimum Gasteiger partial charge on any atom is -0.381 e. The summed E-state index contributed by atoms with van der Waals surface area (Å²) in [5, 5.41) is 3.48. The van der Waals surface area contributed by atoms with Crippen molar-refractivity contribution in [1.82, 2.24) is 5.32 Å². The predicted octanol–water partition coefficient (Wildman–Crippen LogP) is 2.86. The van der Waals surface area contributed by atoms with Gasteiger partial charge in [0.25, 0.3) is 0 Å². The number of nitrogens with one attached hydrogen (secondary N) is 1. The van der Waals surface area contributed by atoms with Crippen LogP contribution in [0.25, 0.3) is 0 Å². The molecule has 1 saturated heterocycles. The van der Waals surface area contributed by atoms with Crippen LogP contribution >= 0.6 is 0 Å². The molecule has 2 rings (SSSR count). The third-order valence-corrected chi connectivity index (χ3v) is 4.15. The quantitative estimate of drug-likeness (QED) is 0.864. The smallest absolute Gasteiger partial charge is 0.0495 e. The molecule has 2 heteroatoms. The molecule has 1 aromatic carbocycles. The van der Waals surface area contributed by atoms with Crippen molar-refractivity contribution < 1.29 is 4.74 Å². The number of aryl methyl sites for hydroxylation is 2. The highest BCUT2D eigenvalue weighted by molar-refractivity contribution is 5.34. The molecule has 1 N–H and O–H groups in total. The van der Waals surface area contributed by atoms with E-state index < -0.39 is 0 Å². The topological polar surface area (TPSA) is 21.3 Å². The Morgan fingerprint density at radius 2 is 2.06 bits per heavy atom. The first-order chi connectivity index (χ1) is 8.70. The molecule has 0 aromatic heterocycles. The summed E-state index contributed by atoms with van der Waals surface area (Å²) >= 11 is 0. The average molecular weight is 247 g/mol. The van der Waals surface area contributed by atoms with Crippen molar-refractivity contribution in [3.8, 4) is 0 Å². The normalized spacial score (nSPS) is 21.2. The lowest BCUT2D eigenvalue weighted by atomic mass is 9.91. The Kier molecular flexibility index (Phi) is 4.79. The Bertz CT molecular complexity index is 362. The van der Waals surface area contributed by atoms with Crippen LogP contribution in [-0.4, -0.2) is 26.3 Å². The number of ether oxygens (including phenoxy) is 1. The summed E-state index contributed by atoms with van der Waals surface area (Å²) in [6.45, 7) is 6.33. The fourth-order valence-corrected chi connectivity index (χ4v) is 2.89. The number of hydrogen-bond donors (Lipinski definition) is 1. The molecule has 0 aliphatic carbocycles. The summed E-state index contributed by atoms with van der Waals surface area (Å²) in [7, 11) is 2.08. The molecule has 1 heterocycles. The van der Waals surface area contributed by atoms with Crippen molar-refractivity contribution in [1.29, 1.82) is 0 Å². The molecular formula is C16H25NO. The Morgan fingerprint density at radius 1 is 1.33 bits per heavy atom. The van der Waals surface area contributed by atoms with E-state index in [4.69, 9.17) is 4.74 Å². The highest BCUT2D eigenvalue weighted by Crippen LogP contribution is 2.22. The zero-order chi connectivity index (χ0) is 13.0. The molecule has 0 bridgehead atoms. The van der Waals surface area contributed by atoms with Crippen LogP contribution in [0.5, 0.6) is 0 Å². The monoisotopic (exact) mass is 247 g/mol. The van der Waals surface area contributed by atoms with Crippen molar-refractivity contribution in [2.75, 3.05) is 20.3 Å². The van der Waals surface area contributed by atoms with Crippen molar-refractivity contribution in [2.45, 2.75) is 39.2 Å². The fraction of sp³-hybridized carbons (Fsp3) is 0.625. The highest BCUT2D eigenvalue weighted by atomic mass is 16.5. The van der Waals surface area contributed by atoms with Crippen LogP contribution in [0.2, 0.25) is 0 Å². The van der Waals surface area contributed by atoms with E-state index in [9.17, 15) is 0 Å². The van der Waals surface area contributed by atoms with E-state index in [-0.39, 0.29) is 0 Å². The first-order valence-electron chi connectivity index (χ1n) is 7.00. The Labute approximate surface area is 111 Å². The van der Waals surface area contributed by atoms with Crippen LogP contribution < -0.4 is 5.32 Å².